The van der Waals surface area contributed by atoms with Gasteiger partial charge in [-0.05, 0) is 49.0 Å². The number of rotatable bonds is 5. The smallest absolute Gasteiger partial charge is 0.124 e. The first-order valence-corrected chi connectivity index (χ1v) is 7.98. The normalized spacial score (nSPS) is 12.7. The molecule has 1 atom stereocenters. The summed E-state index contributed by atoms with van der Waals surface area (Å²) in [5, 5.41) is 4.50. The molecule has 0 radical (unpaired) electrons. The minimum absolute atomic E-state index is 0.166. The van der Waals surface area contributed by atoms with Gasteiger partial charge in [0.2, 0.25) is 0 Å². The Morgan fingerprint density at radius 3 is 2.67 bits per heavy atom. The van der Waals surface area contributed by atoms with Crippen molar-refractivity contribution in [3.05, 3.63) is 70.9 Å². The van der Waals surface area contributed by atoms with E-state index in [0.717, 1.165) is 22.9 Å². The summed E-state index contributed by atoms with van der Waals surface area (Å²) < 4.78 is 14.3. The topological polar surface area (TPSA) is 12.0 Å². The van der Waals surface area contributed by atoms with Gasteiger partial charge in [-0.25, -0.2) is 4.39 Å². The van der Waals surface area contributed by atoms with Crippen molar-refractivity contribution in [2.24, 2.45) is 0 Å². The van der Waals surface area contributed by atoms with Gasteiger partial charge in [0, 0.05) is 15.6 Å². The maximum Gasteiger partial charge on any atom is 0.124 e. The molecule has 1 unspecified atom stereocenters. The van der Waals surface area contributed by atoms with E-state index in [1.807, 2.05) is 19.2 Å². The maximum absolute atomic E-state index is 13.3. The molecule has 0 aliphatic carbocycles. The Morgan fingerprint density at radius 1 is 1.10 bits per heavy atom. The molecule has 21 heavy (non-hydrogen) atoms. The van der Waals surface area contributed by atoms with Crippen LogP contribution < -0.4 is 5.32 Å². The Hall–Kier alpha value is -1.71. The molecular formula is C18H18FNS. The lowest BCUT2D eigenvalue weighted by Crippen LogP contribution is -2.15. The van der Waals surface area contributed by atoms with E-state index in [-0.39, 0.29) is 5.82 Å². The summed E-state index contributed by atoms with van der Waals surface area (Å²) in [7, 11) is 1.99. The fourth-order valence-electron chi connectivity index (χ4n) is 2.58. The van der Waals surface area contributed by atoms with Crippen LogP contribution in [0.2, 0.25) is 0 Å². The maximum atomic E-state index is 13.3. The third-order valence-corrected chi connectivity index (χ3v) is 4.97. The highest BCUT2D eigenvalue weighted by Crippen LogP contribution is 2.32. The largest absolute Gasteiger partial charge is 0.312 e. The number of benzene rings is 2. The predicted molar refractivity (Wildman–Crippen MR) is 88.3 cm³/mol. The van der Waals surface area contributed by atoms with Crippen molar-refractivity contribution in [2.75, 3.05) is 7.05 Å². The van der Waals surface area contributed by atoms with Crippen molar-refractivity contribution in [1.82, 2.24) is 5.32 Å². The zero-order valence-corrected chi connectivity index (χ0v) is 12.8. The minimum Gasteiger partial charge on any atom is -0.312 e. The van der Waals surface area contributed by atoms with Crippen LogP contribution in [0.4, 0.5) is 4.39 Å². The molecule has 2 aromatic carbocycles. The van der Waals surface area contributed by atoms with Crippen LogP contribution >= 0.6 is 11.3 Å². The molecule has 3 heteroatoms. The number of halogens is 1. The average Bonchev–Trinajstić information content (AvgIpc) is 2.92. The molecule has 0 aliphatic heterocycles. The fraction of sp³-hybridized carbons (Fsp3) is 0.222. The lowest BCUT2D eigenvalue weighted by Gasteiger charge is -2.14. The first-order chi connectivity index (χ1) is 10.3. The van der Waals surface area contributed by atoms with E-state index in [1.54, 1.807) is 17.4 Å². The Bertz CT molecular complexity index is 720. The molecule has 0 fully saturated rings. The molecule has 0 saturated heterocycles. The van der Waals surface area contributed by atoms with Crippen molar-refractivity contribution in [3.8, 4) is 0 Å². The molecule has 1 aromatic heterocycles. The monoisotopic (exact) mass is 299 g/mol. The lowest BCUT2D eigenvalue weighted by molar-refractivity contribution is 0.558. The van der Waals surface area contributed by atoms with Crippen molar-refractivity contribution in [3.63, 3.8) is 0 Å². The molecule has 3 aromatic rings. The molecular weight excluding hydrogens is 281 g/mol. The lowest BCUT2D eigenvalue weighted by atomic mass is 10.0. The standard InChI is InChI=1S/C18H18FNS/c1-20-16(10-7-13-5-3-2-4-6-13)18-11-14-8-9-15(19)12-17(14)21-18/h2-6,8-9,11-12,16,20H,7,10H2,1H3. The van der Waals surface area contributed by atoms with Crippen molar-refractivity contribution in [2.45, 2.75) is 18.9 Å². The van der Waals surface area contributed by atoms with Crippen LogP contribution in [-0.2, 0) is 6.42 Å². The molecule has 0 saturated carbocycles. The van der Waals surface area contributed by atoms with Gasteiger partial charge in [0.05, 0.1) is 0 Å². The molecule has 0 aliphatic rings. The van der Waals surface area contributed by atoms with E-state index < -0.39 is 0 Å². The Labute approximate surface area is 128 Å². The first kappa shape index (κ1) is 14.2. The van der Waals surface area contributed by atoms with Gasteiger partial charge in [-0.1, -0.05) is 36.4 Å². The molecule has 1 nitrogen and oxygen atoms in total. The molecule has 3 rings (SSSR count). The van der Waals surface area contributed by atoms with E-state index in [0.29, 0.717) is 6.04 Å². The van der Waals surface area contributed by atoms with Gasteiger partial charge in [-0.15, -0.1) is 11.3 Å². The van der Waals surface area contributed by atoms with Gasteiger partial charge in [0.15, 0.2) is 0 Å². The summed E-state index contributed by atoms with van der Waals surface area (Å²) in [6.07, 6.45) is 2.07. The zero-order valence-electron chi connectivity index (χ0n) is 12.0. The summed E-state index contributed by atoms with van der Waals surface area (Å²) in [5.74, 6) is -0.166. The molecule has 0 amide bonds. The van der Waals surface area contributed by atoms with E-state index >= 15 is 0 Å². The van der Waals surface area contributed by atoms with Crippen LogP contribution in [0.25, 0.3) is 10.1 Å². The molecule has 108 valence electrons. The second-order valence-electron chi connectivity index (χ2n) is 5.20. The van der Waals surface area contributed by atoms with E-state index in [1.165, 1.54) is 16.5 Å². The highest BCUT2D eigenvalue weighted by Gasteiger charge is 2.13. The quantitative estimate of drug-likeness (QED) is 0.704. The summed E-state index contributed by atoms with van der Waals surface area (Å²) in [4.78, 5) is 1.27. The molecule has 0 spiro atoms. The molecule has 1 heterocycles. The van der Waals surface area contributed by atoms with Crippen LogP contribution in [-0.4, -0.2) is 7.05 Å². The number of thiophene rings is 1. The van der Waals surface area contributed by atoms with Crippen molar-refractivity contribution in [1.29, 1.82) is 0 Å². The first-order valence-electron chi connectivity index (χ1n) is 7.16. The fourth-order valence-corrected chi connectivity index (χ4v) is 3.82. The summed E-state index contributed by atoms with van der Waals surface area (Å²) in [6, 6.07) is 18.0. The summed E-state index contributed by atoms with van der Waals surface area (Å²) >= 11 is 1.68. The molecule has 0 bridgehead atoms. The van der Waals surface area contributed by atoms with Crippen LogP contribution in [0.1, 0.15) is 22.9 Å². The third-order valence-electron chi connectivity index (χ3n) is 3.76. The van der Waals surface area contributed by atoms with Gasteiger partial charge in [-0.2, -0.15) is 0 Å². The summed E-state index contributed by atoms with van der Waals surface area (Å²) in [5.41, 5.74) is 1.35. The second kappa shape index (κ2) is 6.37. The zero-order chi connectivity index (χ0) is 14.7. The van der Waals surface area contributed by atoms with Crippen LogP contribution in [0.3, 0.4) is 0 Å². The summed E-state index contributed by atoms with van der Waals surface area (Å²) in [6.45, 7) is 0. The van der Waals surface area contributed by atoms with E-state index in [9.17, 15) is 4.39 Å². The highest BCUT2D eigenvalue weighted by molar-refractivity contribution is 7.19. The minimum atomic E-state index is -0.166. The van der Waals surface area contributed by atoms with E-state index in [2.05, 4.69) is 35.6 Å². The van der Waals surface area contributed by atoms with Gasteiger partial charge < -0.3 is 5.32 Å². The highest BCUT2D eigenvalue weighted by atomic mass is 32.1. The van der Waals surface area contributed by atoms with Crippen LogP contribution in [0, 0.1) is 5.82 Å². The van der Waals surface area contributed by atoms with Gasteiger partial charge in [-0.3, -0.25) is 0 Å². The number of nitrogens with one attached hydrogen (secondary N) is 1. The average molecular weight is 299 g/mol. The van der Waals surface area contributed by atoms with Crippen molar-refractivity contribution >= 4 is 21.4 Å². The SMILES string of the molecule is CNC(CCc1ccccc1)c1cc2ccc(F)cc2s1. The Kier molecular flexibility index (Phi) is 4.32. The number of fused-ring (bicyclic) bond motifs is 1. The Morgan fingerprint density at radius 2 is 1.90 bits per heavy atom. The van der Waals surface area contributed by atoms with Gasteiger partial charge >= 0.3 is 0 Å². The van der Waals surface area contributed by atoms with Crippen LogP contribution in [0.5, 0.6) is 0 Å². The number of aryl methyl sites for hydroxylation is 1. The third kappa shape index (κ3) is 3.31. The number of hydrogen-bond acceptors (Lipinski definition) is 2. The molecule has 1 N–H and O–H groups in total. The van der Waals surface area contributed by atoms with Gasteiger partial charge in [0.1, 0.15) is 5.82 Å². The van der Waals surface area contributed by atoms with Gasteiger partial charge in [0.25, 0.3) is 0 Å². The van der Waals surface area contributed by atoms with Crippen LogP contribution in [0.15, 0.2) is 54.6 Å². The van der Waals surface area contributed by atoms with E-state index in [4.69, 9.17) is 0 Å². The Balaban J connectivity index is 1.78. The number of hydrogen-bond donors (Lipinski definition) is 1. The predicted octanol–water partition coefficient (Wildman–Crippen LogP) is 4.93. The van der Waals surface area contributed by atoms with Crippen molar-refractivity contribution < 1.29 is 4.39 Å². The second-order valence-corrected chi connectivity index (χ2v) is 6.31.